The maximum atomic E-state index is 12.8. The summed E-state index contributed by atoms with van der Waals surface area (Å²) >= 11 is 0. The lowest BCUT2D eigenvalue weighted by Gasteiger charge is -2.36. The normalized spacial score (nSPS) is 29.1. The van der Waals surface area contributed by atoms with Gasteiger partial charge in [0.2, 0.25) is 18.2 Å². The fourth-order valence-corrected chi connectivity index (χ4v) is 5.70. The van der Waals surface area contributed by atoms with Gasteiger partial charge >= 0.3 is 6.18 Å². The van der Waals surface area contributed by atoms with Gasteiger partial charge in [0.05, 0.1) is 12.1 Å². The number of piperidine rings is 1. The van der Waals surface area contributed by atoms with Crippen molar-refractivity contribution < 1.29 is 27.6 Å². The van der Waals surface area contributed by atoms with Gasteiger partial charge in [-0.1, -0.05) is 34.6 Å². The van der Waals surface area contributed by atoms with Crippen molar-refractivity contribution >= 4 is 18.2 Å². The molecule has 3 amide bonds. The SMILES string of the molecule is CC(NC(C(=O)N1CC2C(C1)C2(C)C)C(C)(C)C)C(F)(F)F.N#CC(CC1CC2(CC2)NC1=O)NC=O. The smallest absolute Gasteiger partial charge is 0.350 e. The molecular formula is C26H40F3N5O3. The predicted molar refractivity (Wildman–Crippen MR) is 131 cm³/mol. The summed E-state index contributed by atoms with van der Waals surface area (Å²) < 4.78 is 38.5. The number of carbonyl (C=O) groups is 3. The Morgan fingerprint density at radius 3 is 2.22 bits per heavy atom. The summed E-state index contributed by atoms with van der Waals surface area (Å²) in [6.07, 6.45) is -0.513. The number of alkyl halides is 3. The van der Waals surface area contributed by atoms with Gasteiger partial charge in [0.1, 0.15) is 12.1 Å². The van der Waals surface area contributed by atoms with E-state index in [9.17, 15) is 27.6 Å². The molecule has 2 saturated carbocycles. The molecule has 1 spiro atoms. The summed E-state index contributed by atoms with van der Waals surface area (Å²) in [5, 5.41) is 16.6. The Bertz CT molecular complexity index is 921. The van der Waals surface area contributed by atoms with Crippen molar-refractivity contribution in [2.75, 3.05) is 13.1 Å². The highest BCUT2D eigenvalue weighted by Gasteiger charge is 2.63. The largest absolute Gasteiger partial charge is 0.403 e. The minimum Gasteiger partial charge on any atom is -0.350 e. The van der Waals surface area contributed by atoms with E-state index in [-0.39, 0.29) is 28.7 Å². The van der Waals surface area contributed by atoms with Gasteiger partial charge in [0.15, 0.2) is 0 Å². The average molecular weight is 528 g/mol. The zero-order chi connectivity index (χ0) is 28.0. The fourth-order valence-electron chi connectivity index (χ4n) is 5.70. The summed E-state index contributed by atoms with van der Waals surface area (Å²) in [6.45, 7) is 12.2. The summed E-state index contributed by atoms with van der Waals surface area (Å²) in [7, 11) is 0. The lowest BCUT2D eigenvalue weighted by Crippen LogP contribution is -2.58. The summed E-state index contributed by atoms with van der Waals surface area (Å²) in [6, 6.07) is -1.10. The van der Waals surface area contributed by atoms with Gasteiger partial charge in [-0.3, -0.25) is 19.7 Å². The van der Waals surface area contributed by atoms with E-state index in [1.165, 1.54) is 0 Å². The number of fused-ring (bicyclic) bond motifs is 1. The highest BCUT2D eigenvalue weighted by molar-refractivity contribution is 5.83. The Labute approximate surface area is 217 Å². The average Bonchev–Trinajstić information content (AvgIpc) is 3.46. The third-order valence-electron chi connectivity index (χ3n) is 8.65. The summed E-state index contributed by atoms with van der Waals surface area (Å²) in [5.74, 6) is 0.700. The lowest BCUT2D eigenvalue weighted by atomic mass is 9.85. The van der Waals surface area contributed by atoms with Crippen molar-refractivity contribution in [3.63, 3.8) is 0 Å². The first-order chi connectivity index (χ1) is 16.9. The van der Waals surface area contributed by atoms with Crippen molar-refractivity contribution in [2.45, 2.75) is 97.1 Å². The first kappa shape index (κ1) is 29.2. The molecule has 6 unspecified atom stereocenters. The van der Waals surface area contributed by atoms with Gasteiger partial charge in [-0.15, -0.1) is 0 Å². The zero-order valence-electron chi connectivity index (χ0n) is 22.5. The van der Waals surface area contributed by atoms with Crippen molar-refractivity contribution in [1.29, 1.82) is 5.26 Å². The first-order valence-electron chi connectivity index (χ1n) is 13.0. The molecule has 4 fully saturated rings. The van der Waals surface area contributed by atoms with Crippen LogP contribution in [0, 0.1) is 39.9 Å². The van der Waals surface area contributed by atoms with Crippen LogP contribution in [0.25, 0.3) is 0 Å². The maximum absolute atomic E-state index is 12.8. The molecule has 208 valence electrons. The zero-order valence-corrected chi connectivity index (χ0v) is 22.5. The van der Waals surface area contributed by atoms with E-state index >= 15 is 0 Å². The minimum absolute atomic E-state index is 0.0282. The second kappa shape index (κ2) is 10.1. The quantitative estimate of drug-likeness (QED) is 0.441. The number of hydrogen-bond acceptors (Lipinski definition) is 5. The number of nitrogens with one attached hydrogen (secondary N) is 3. The summed E-state index contributed by atoms with van der Waals surface area (Å²) in [5.41, 5.74) is -0.247. The van der Waals surface area contributed by atoms with Crippen LogP contribution in [0.5, 0.6) is 0 Å². The molecule has 4 aliphatic rings. The number of hydrogen-bond donors (Lipinski definition) is 3. The molecular weight excluding hydrogens is 487 g/mol. The van der Waals surface area contributed by atoms with Crippen LogP contribution in [0.3, 0.4) is 0 Å². The van der Waals surface area contributed by atoms with Crippen LogP contribution in [0.2, 0.25) is 0 Å². The molecule has 0 bridgehead atoms. The second-order valence-corrected chi connectivity index (χ2v) is 12.9. The third kappa shape index (κ3) is 6.57. The molecule has 4 rings (SSSR count). The molecule has 37 heavy (non-hydrogen) atoms. The predicted octanol–water partition coefficient (Wildman–Crippen LogP) is 2.74. The molecule has 0 radical (unpaired) electrons. The molecule has 2 aliphatic heterocycles. The first-order valence-corrected chi connectivity index (χ1v) is 13.0. The van der Waals surface area contributed by atoms with Crippen LogP contribution >= 0.6 is 0 Å². The standard InChI is InChI=1S/C16H27F3N2O.C10H13N3O2/c1-9(16(17,18)19)20-12(14(2,3)4)13(22)21-7-10-11(8-21)15(10,5)6;11-5-8(12-6-14)3-7-4-10(1-2-10)13-9(7)15/h9-12,20H,7-8H2,1-6H3;6-8H,1-4H2,(H,12,14)(H,13,15). The van der Waals surface area contributed by atoms with Gasteiger partial charge in [0.25, 0.3) is 0 Å². The fraction of sp³-hybridized carbons (Fsp3) is 0.846. The van der Waals surface area contributed by atoms with E-state index in [4.69, 9.17) is 5.26 Å². The number of rotatable bonds is 7. The number of nitrogens with zero attached hydrogens (tertiary/aromatic N) is 2. The second-order valence-electron chi connectivity index (χ2n) is 12.9. The Morgan fingerprint density at radius 1 is 1.24 bits per heavy atom. The summed E-state index contributed by atoms with van der Waals surface area (Å²) in [4.78, 5) is 36.2. The molecule has 6 atom stereocenters. The van der Waals surface area contributed by atoms with E-state index in [0.717, 1.165) is 26.2 Å². The van der Waals surface area contributed by atoms with Gasteiger partial charge in [0, 0.05) is 24.5 Å². The highest BCUT2D eigenvalue weighted by atomic mass is 19.4. The molecule has 11 heteroatoms. The van der Waals surface area contributed by atoms with Crippen LogP contribution < -0.4 is 16.0 Å². The molecule has 2 heterocycles. The molecule has 8 nitrogen and oxygen atoms in total. The number of halogens is 3. The highest BCUT2D eigenvalue weighted by Crippen LogP contribution is 2.62. The number of nitriles is 1. The Balaban J connectivity index is 0.000000220. The van der Waals surface area contributed by atoms with Gasteiger partial charge in [-0.05, 0) is 55.3 Å². The molecule has 0 aromatic heterocycles. The van der Waals surface area contributed by atoms with Gasteiger partial charge in [-0.2, -0.15) is 18.4 Å². The van der Waals surface area contributed by atoms with Crippen LogP contribution in [-0.4, -0.2) is 66.1 Å². The van der Waals surface area contributed by atoms with E-state index < -0.39 is 29.7 Å². The molecule has 0 aromatic rings. The van der Waals surface area contributed by atoms with Gasteiger partial charge in [-0.25, -0.2) is 0 Å². The monoisotopic (exact) mass is 527 g/mol. The van der Waals surface area contributed by atoms with Crippen molar-refractivity contribution in [3.05, 3.63) is 0 Å². The number of likely N-dealkylation sites (tertiary alicyclic amines) is 1. The number of amides is 3. The van der Waals surface area contributed by atoms with Gasteiger partial charge < -0.3 is 15.5 Å². The van der Waals surface area contributed by atoms with Crippen LogP contribution in [0.15, 0.2) is 0 Å². The van der Waals surface area contributed by atoms with E-state index in [0.29, 0.717) is 37.8 Å². The topological polar surface area (TPSA) is 114 Å². The van der Waals surface area contributed by atoms with Crippen molar-refractivity contribution in [3.8, 4) is 6.07 Å². The lowest BCUT2D eigenvalue weighted by molar-refractivity contribution is -0.159. The van der Waals surface area contributed by atoms with E-state index in [1.54, 1.807) is 25.7 Å². The molecule has 2 saturated heterocycles. The van der Waals surface area contributed by atoms with Crippen LogP contribution in [0.4, 0.5) is 13.2 Å². The van der Waals surface area contributed by atoms with Crippen LogP contribution in [-0.2, 0) is 14.4 Å². The molecule has 0 aromatic carbocycles. The van der Waals surface area contributed by atoms with E-state index in [1.807, 2.05) is 6.07 Å². The van der Waals surface area contributed by atoms with Crippen molar-refractivity contribution in [1.82, 2.24) is 20.9 Å². The Hall–Kier alpha value is -2.35. The minimum atomic E-state index is -4.35. The third-order valence-corrected chi connectivity index (χ3v) is 8.65. The van der Waals surface area contributed by atoms with Crippen LogP contribution in [0.1, 0.15) is 67.2 Å². The Morgan fingerprint density at radius 2 is 1.81 bits per heavy atom. The molecule has 3 N–H and O–H groups in total. The molecule has 2 aliphatic carbocycles. The van der Waals surface area contributed by atoms with E-state index in [2.05, 4.69) is 29.8 Å². The Kier molecular flexibility index (Phi) is 7.96. The van der Waals surface area contributed by atoms with Crippen molar-refractivity contribution in [2.24, 2.45) is 28.6 Å². The number of carbonyl (C=O) groups excluding carboxylic acids is 3. The maximum Gasteiger partial charge on any atom is 0.403 e.